The Kier molecular flexibility index (Phi) is 6.89. The fourth-order valence-electron chi connectivity index (χ4n) is 3.23. The van der Waals surface area contributed by atoms with Crippen LogP contribution in [0.25, 0.3) is 10.8 Å². The summed E-state index contributed by atoms with van der Waals surface area (Å²) in [6.07, 6.45) is 0. The van der Waals surface area contributed by atoms with E-state index in [1.165, 1.54) is 10.8 Å². The van der Waals surface area contributed by atoms with Gasteiger partial charge in [-0.15, -0.1) is 0 Å². The topological polar surface area (TPSA) is 21.3 Å². The Labute approximate surface area is 202 Å². The van der Waals surface area contributed by atoms with Gasteiger partial charge in [0.2, 0.25) is 0 Å². The van der Waals surface area contributed by atoms with Crippen LogP contribution in [-0.2, 0) is 13.2 Å². The van der Waals surface area contributed by atoms with Crippen LogP contribution in [0, 0.1) is 0 Å². The highest BCUT2D eigenvalue weighted by atomic mass is 79.9. The Bertz CT molecular complexity index is 1180. The van der Waals surface area contributed by atoms with Gasteiger partial charge in [-0.05, 0) is 84.1 Å². The van der Waals surface area contributed by atoms with Crippen molar-refractivity contribution in [3.8, 4) is 5.75 Å². The largest absolute Gasteiger partial charge is 0.487 e. The minimum Gasteiger partial charge on any atom is -0.487 e. The molecule has 0 saturated carbocycles. The number of fused-ring (bicyclic) bond motifs is 1. The number of ether oxygens (including phenoxy) is 1. The van der Waals surface area contributed by atoms with E-state index in [1.807, 2.05) is 36.4 Å². The SMILES string of the molecule is Clc1ccc(NCc2cc(Br)c(OCc3cccc4ccccc34)c(Br)c2)cc1Cl. The van der Waals surface area contributed by atoms with Gasteiger partial charge in [-0.2, -0.15) is 0 Å². The van der Waals surface area contributed by atoms with E-state index in [9.17, 15) is 0 Å². The Balaban J connectivity index is 1.47. The zero-order valence-electron chi connectivity index (χ0n) is 15.8. The van der Waals surface area contributed by atoms with Gasteiger partial charge in [-0.1, -0.05) is 65.7 Å². The minimum absolute atomic E-state index is 0.486. The third kappa shape index (κ3) is 4.94. The van der Waals surface area contributed by atoms with Crippen LogP contribution in [0.5, 0.6) is 5.75 Å². The van der Waals surface area contributed by atoms with E-state index < -0.39 is 0 Å². The van der Waals surface area contributed by atoms with E-state index in [0.29, 0.717) is 23.2 Å². The Morgan fingerprint density at radius 2 is 1.53 bits per heavy atom. The zero-order chi connectivity index (χ0) is 21.1. The average molecular weight is 566 g/mol. The first kappa shape index (κ1) is 21.5. The monoisotopic (exact) mass is 563 g/mol. The summed E-state index contributed by atoms with van der Waals surface area (Å²) in [7, 11) is 0. The van der Waals surface area contributed by atoms with Crippen molar-refractivity contribution in [2.45, 2.75) is 13.2 Å². The van der Waals surface area contributed by atoms with E-state index in [-0.39, 0.29) is 0 Å². The van der Waals surface area contributed by atoms with Crippen LogP contribution >= 0.6 is 55.1 Å². The molecule has 1 N–H and O–H groups in total. The maximum atomic E-state index is 6.16. The molecule has 0 bridgehead atoms. The fraction of sp³-hybridized carbons (Fsp3) is 0.0833. The summed E-state index contributed by atoms with van der Waals surface area (Å²) in [6, 6.07) is 24.2. The van der Waals surface area contributed by atoms with Gasteiger partial charge < -0.3 is 10.1 Å². The quantitative estimate of drug-likeness (QED) is 0.252. The van der Waals surface area contributed by atoms with Gasteiger partial charge in [-0.25, -0.2) is 0 Å². The van der Waals surface area contributed by atoms with Crippen molar-refractivity contribution in [3.63, 3.8) is 0 Å². The summed E-state index contributed by atoms with van der Waals surface area (Å²) in [5.41, 5.74) is 3.16. The van der Waals surface area contributed by atoms with Crippen molar-refractivity contribution >= 4 is 71.5 Å². The molecular formula is C24H17Br2Cl2NO. The first-order valence-electron chi connectivity index (χ1n) is 9.27. The number of nitrogens with one attached hydrogen (secondary N) is 1. The first-order valence-corrected chi connectivity index (χ1v) is 11.6. The molecule has 0 amide bonds. The molecule has 0 aliphatic carbocycles. The average Bonchev–Trinajstić information content (AvgIpc) is 2.74. The van der Waals surface area contributed by atoms with Crippen molar-refractivity contribution < 1.29 is 4.74 Å². The van der Waals surface area contributed by atoms with E-state index in [4.69, 9.17) is 27.9 Å². The highest BCUT2D eigenvalue weighted by Crippen LogP contribution is 2.36. The van der Waals surface area contributed by atoms with Gasteiger partial charge in [0, 0.05) is 12.2 Å². The Morgan fingerprint density at radius 1 is 0.800 bits per heavy atom. The van der Waals surface area contributed by atoms with E-state index >= 15 is 0 Å². The van der Waals surface area contributed by atoms with Crippen LogP contribution in [0.4, 0.5) is 5.69 Å². The lowest BCUT2D eigenvalue weighted by Crippen LogP contribution is -2.02. The molecule has 0 aliphatic rings. The molecule has 0 radical (unpaired) electrons. The molecule has 0 spiro atoms. The number of hydrogen-bond donors (Lipinski definition) is 1. The second-order valence-electron chi connectivity index (χ2n) is 6.80. The molecule has 4 rings (SSSR count). The molecule has 0 heterocycles. The predicted molar refractivity (Wildman–Crippen MR) is 134 cm³/mol. The van der Waals surface area contributed by atoms with Gasteiger partial charge in [0.15, 0.2) is 0 Å². The number of hydrogen-bond acceptors (Lipinski definition) is 2. The molecule has 152 valence electrons. The summed E-state index contributed by atoms with van der Waals surface area (Å²) < 4.78 is 7.95. The Morgan fingerprint density at radius 3 is 2.30 bits per heavy atom. The third-order valence-electron chi connectivity index (χ3n) is 4.73. The predicted octanol–water partition coefficient (Wildman–Crippen LogP) is 8.86. The van der Waals surface area contributed by atoms with Crippen LogP contribution in [0.2, 0.25) is 10.0 Å². The van der Waals surface area contributed by atoms with Crippen molar-refractivity contribution in [2.75, 3.05) is 5.32 Å². The summed E-state index contributed by atoms with van der Waals surface area (Å²) in [5, 5.41) is 6.84. The maximum absolute atomic E-state index is 6.16. The molecule has 0 atom stereocenters. The molecule has 4 aromatic rings. The van der Waals surface area contributed by atoms with E-state index in [1.54, 1.807) is 6.07 Å². The van der Waals surface area contributed by atoms with Crippen molar-refractivity contribution in [1.82, 2.24) is 0 Å². The third-order valence-corrected chi connectivity index (χ3v) is 6.64. The number of halogens is 4. The van der Waals surface area contributed by atoms with Crippen LogP contribution in [0.15, 0.2) is 81.7 Å². The molecule has 4 aromatic carbocycles. The van der Waals surface area contributed by atoms with E-state index in [2.05, 4.69) is 67.5 Å². The van der Waals surface area contributed by atoms with Gasteiger partial charge in [0.05, 0.1) is 19.0 Å². The van der Waals surface area contributed by atoms with Gasteiger partial charge in [0.25, 0.3) is 0 Å². The van der Waals surface area contributed by atoms with E-state index in [0.717, 1.165) is 31.5 Å². The van der Waals surface area contributed by atoms with Crippen molar-refractivity contribution in [3.05, 3.63) is 103 Å². The molecule has 2 nitrogen and oxygen atoms in total. The number of rotatable bonds is 6. The van der Waals surface area contributed by atoms with Crippen molar-refractivity contribution in [2.24, 2.45) is 0 Å². The first-order chi connectivity index (χ1) is 14.5. The molecule has 0 aliphatic heterocycles. The zero-order valence-corrected chi connectivity index (χ0v) is 20.4. The summed E-state index contributed by atoms with van der Waals surface area (Å²) >= 11 is 19.4. The summed E-state index contributed by atoms with van der Waals surface area (Å²) in [4.78, 5) is 0. The molecule has 0 aromatic heterocycles. The molecule has 0 unspecified atom stereocenters. The van der Waals surface area contributed by atoms with Crippen LogP contribution in [0.1, 0.15) is 11.1 Å². The maximum Gasteiger partial charge on any atom is 0.148 e. The van der Waals surface area contributed by atoms with Crippen molar-refractivity contribution in [1.29, 1.82) is 0 Å². The fourth-order valence-corrected chi connectivity index (χ4v) is 5.04. The van der Waals surface area contributed by atoms with Crippen LogP contribution in [0.3, 0.4) is 0 Å². The molecule has 6 heteroatoms. The summed E-state index contributed by atoms with van der Waals surface area (Å²) in [6.45, 7) is 1.12. The highest BCUT2D eigenvalue weighted by Gasteiger charge is 2.11. The van der Waals surface area contributed by atoms with Gasteiger partial charge in [-0.3, -0.25) is 0 Å². The number of benzene rings is 4. The second-order valence-corrected chi connectivity index (χ2v) is 9.32. The number of anilines is 1. The molecule has 0 saturated heterocycles. The van der Waals surface area contributed by atoms with Gasteiger partial charge >= 0.3 is 0 Å². The Hall–Kier alpha value is -1.72. The van der Waals surface area contributed by atoms with Crippen LogP contribution in [-0.4, -0.2) is 0 Å². The lowest BCUT2D eigenvalue weighted by molar-refractivity contribution is 0.303. The molecular weight excluding hydrogens is 549 g/mol. The lowest BCUT2D eigenvalue weighted by atomic mass is 10.1. The normalized spacial score (nSPS) is 10.9. The highest BCUT2D eigenvalue weighted by molar-refractivity contribution is 9.11. The molecule has 30 heavy (non-hydrogen) atoms. The lowest BCUT2D eigenvalue weighted by Gasteiger charge is -2.14. The van der Waals surface area contributed by atoms with Crippen LogP contribution < -0.4 is 10.1 Å². The molecule has 0 fully saturated rings. The minimum atomic E-state index is 0.486. The summed E-state index contributed by atoms with van der Waals surface area (Å²) in [5.74, 6) is 0.779. The second kappa shape index (κ2) is 9.61. The van der Waals surface area contributed by atoms with Gasteiger partial charge in [0.1, 0.15) is 12.4 Å². The smallest absolute Gasteiger partial charge is 0.148 e. The standard InChI is InChI=1S/C24H17Br2Cl2NO/c25-20-10-15(13-29-18-8-9-22(27)23(28)12-18)11-21(26)24(20)30-14-17-6-3-5-16-4-1-2-7-19(16)17/h1-12,29H,13-14H2.